The van der Waals surface area contributed by atoms with Crippen LogP contribution in [0.2, 0.25) is 0 Å². The number of hydrogen-bond acceptors (Lipinski definition) is 6. The van der Waals surface area contributed by atoms with E-state index in [1.54, 1.807) is 0 Å². The highest BCUT2D eigenvalue weighted by atomic mass is 19.3. The molecular weight excluding hydrogens is 244 g/mol. The van der Waals surface area contributed by atoms with Crippen LogP contribution >= 0.6 is 0 Å². The molecule has 0 aliphatic rings. The second-order valence-corrected chi connectivity index (χ2v) is 4.07. The molecule has 1 heterocycles. The van der Waals surface area contributed by atoms with Gasteiger partial charge in [-0.2, -0.15) is 0 Å². The second-order valence-electron chi connectivity index (χ2n) is 4.07. The first kappa shape index (κ1) is 14.5. The number of alkyl halides is 2. The molecule has 8 heteroatoms. The van der Waals surface area contributed by atoms with Crippen LogP contribution in [0.4, 0.5) is 20.4 Å². The van der Waals surface area contributed by atoms with E-state index in [9.17, 15) is 8.78 Å². The predicted octanol–water partition coefficient (Wildman–Crippen LogP) is 0.923. The van der Waals surface area contributed by atoms with Gasteiger partial charge >= 0.3 is 0 Å². The zero-order valence-electron chi connectivity index (χ0n) is 10.2. The fraction of sp³-hybridized carbons (Fsp3) is 0.600. The number of halogens is 2. The lowest BCUT2D eigenvalue weighted by Gasteiger charge is -2.17. The number of aromatic nitrogens is 2. The maximum absolute atomic E-state index is 12.2. The Morgan fingerprint density at radius 1 is 1.33 bits per heavy atom. The lowest BCUT2D eigenvalue weighted by molar-refractivity contribution is 0.00379. The summed E-state index contributed by atoms with van der Waals surface area (Å²) >= 11 is 0. The summed E-state index contributed by atoms with van der Waals surface area (Å²) < 4.78 is 24.4. The molecule has 0 radical (unpaired) electrons. The van der Waals surface area contributed by atoms with Crippen molar-refractivity contribution in [2.24, 2.45) is 5.84 Å². The van der Waals surface area contributed by atoms with E-state index < -0.39 is 12.5 Å². The largest absolute Gasteiger partial charge is 0.385 e. The molecule has 0 spiro atoms. The topological polar surface area (TPSA) is 96.1 Å². The van der Waals surface area contributed by atoms with Crippen molar-refractivity contribution < 1.29 is 13.9 Å². The maximum Gasteiger partial charge on any atom is 0.265 e. The molecule has 0 saturated carbocycles. The van der Waals surface area contributed by atoms with Crippen molar-refractivity contribution in [3.63, 3.8) is 0 Å². The minimum absolute atomic E-state index is 0.0449. The quantitative estimate of drug-likeness (QED) is 0.449. The van der Waals surface area contributed by atoms with Gasteiger partial charge < -0.3 is 15.8 Å². The third kappa shape index (κ3) is 3.47. The molecule has 1 atom stereocenters. The molecule has 0 saturated heterocycles. The number of hydrogen-bond donors (Lipinski definition) is 4. The lowest BCUT2D eigenvalue weighted by Crippen LogP contribution is -2.27. The lowest BCUT2D eigenvalue weighted by atomic mass is 10.0. The molecule has 102 valence electrons. The van der Waals surface area contributed by atoms with Gasteiger partial charge in [0, 0.05) is 12.1 Å². The second kappa shape index (κ2) is 6.41. The molecule has 1 rings (SSSR count). The van der Waals surface area contributed by atoms with Crippen molar-refractivity contribution >= 4 is 11.6 Å². The van der Waals surface area contributed by atoms with Gasteiger partial charge in [-0.15, -0.1) is 0 Å². The Bertz CT molecular complexity index is 389. The Hall–Kier alpha value is -1.54. The van der Waals surface area contributed by atoms with Crippen LogP contribution in [0.15, 0.2) is 6.33 Å². The average molecular weight is 261 g/mol. The smallest absolute Gasteiger partial charge is 0.265 e. The Balaban J connectivity index is 2.88. The molecule has 0 amide bonds. The van der Waals surface area contributed by atoms with E-state index in [1.807, 2.05) is 13.8 Å². The van der Waals surface area contributed by atoms with Crippen LogP contribution in [0.1, 0.15) is 25.3 Å². The minimum Gasteiger partial charge on any atom is -0.385 e. The van der Waals surface area contributed by atoms with Crippen LogP contribution in [0.3, 0.4) is 0 Å². The van der Waals surface area contributed by atoms with Gasteiger partial charge in [-0.05, 0) is 5.92 Å². The number of nitrogens with zero attached hydrogens (tertiary/aromatic N) is 2. The standard InChI is InChI=1S/C10H17F2N5O/c1-5(2)7-9(14-3-6(18)8(11)12)15-4-16-10(7)17-13/h4-6,8,18H,3,13H2,1-2H3,(H2,14,15,16,17). The number of aliphatic hydroxyl groups excluding tert-OH is 1. The van der Waals surface area contributed by atoms with Crippen LogP contribution < -0.4 is 16.6 Å². The van der Waals surface area contributed by atoms with Crippen molar-refractivity contribution in [2.75, 3.05) is 17.3 Å². The summed E-state index contributed by atoms with van der Waals surface area (Å²) in [5, 5.41) is 11.7. The molecule has 1 aromatic heterocycles. The fourth-order valence-corrected chi connectivity index (χ4v) is 1.49. The average Bonchev–Trinajstić information content (AvgIpc) is 2.34. The molecule has 18 heavy (non-hydrogen) atoms. The van der Waals surface area contributed by atoms with Crippen LogP contribution in [0.5, 0.6) is 0 Å². The van der Waals surface area contributed by atoms with Gasteiger partial charge in [0.05, 0.1) is 0 Å². The molecule has 1 aromatic rings. The van der Waals surface area contributed by atoms with E-state index in [4.69, 9.17) is 10.9 Å². The van der Waals surface area contributed by atoms with E-state index in [-0.39, 0.29) is 12.5 Å². The highest BCUT2D eigenvalue weighted by Crippen LogP contribution is 2.27. The highest BCUT2D eigenvalue weighted by Gasteiger charge is 2.19. The Kier molecular flexibility index (Phi) is 5.17. The van der Waals surface area contributed by atoms with E-state index in [0.29, 0.717) is 17.2 Å². The SMILES string of the molecule is CC(C)c1c(NN)ncnc1NCC(O)C(F)F. The number of nitrogens with two attached hydrogens (primary N) is 1. The van der Waals surface area contributed by atoms with E-state index in [0.717, 1.165) is 0 Å². The predicted molar refractivity (Wildman–Crippen MR) is 64.4 cm³/mol. The van der Waals surface area contributed by atoms with Gasteiger partial charge in [-0.3, -0.25) is 0 Å². The third-order valence-corrected chi connectivity index (χ3v) is 2.37. The van der Waals surface area contributed by atoms with Gasteiger partial charge in [0.25, 0.3) is 6.43 Å². The Labute approximate surface area is 104 Å². The Morgan fingerprint density at radius 3 is 2.44 bits per heavy atom. The maximum atomic E-state index is 12.2. The van der Waals surface area contributed by atoms with Gasteiger partial charge in [-0.1, -0.05) is 13.8 Å². The molecule has 1 unspecified atom stereocenters. The molecular formula is C10H17F2N5O. The van der Waals surface area contributed by atoms with Crippen LogP contribution in [-0.4, -0.2) is 34.1 Å². The van der Waals surface area contributed by atoms with Crippen molar-refractivity contribution in [1.82, 2.24) is 9.97 Å². The highest BCUT2D eigenvalue weighted by molar-refractivity contribution is 5.58. The monoisotopic (exact) mass is 261 g/mol. The summed E-state index contributed by atoms with van der Waals surface area (Å²) in [5.74, 6) is 6.18. The summed E-state index contributed by atoms with van der Waals surface area (Å²) in [7, 11) is 0. The number of anilines is 2. The van der Waals surface area contributed by atoms with E-state index >= 15 is 0 Å². The molecule has 6 nitrogen and oxygen atoms in total. The molecule has 0 aromatic carbocycles. The van der Waals surface area contributed by atoms with Crippen LogP contribution in [0.25, 0.3) is 0 Å². The summed E-state index contributed by atoms with van der Waals surface area (Å²) in [6.07, 6.45) is -3.28. The van der Waals surface area contributed by atoms with Crippen molar-refractivity contribution in [1.29, 1.82) is 0 Å². The molecule has 0 bridgehead atoms. The Morgan fingerprint density at radius 2 is 1.94 bits per heavy atom. The fourth-order valence-electron chi connectivity index (χ4n) is 1.49. The number of aliphatic hydroxyl groups is 1. The molecule has 0 fully saturated rings. The van der Waals surface area contributed by atoms with Crippen LogP contribution in [0, 0.1) is 0 Å². The third-order valence-electron chi connectivity index (χ3n) is 2.37. The number of hydrazine groups is 1. The molecule has 0 aliphatic carbocycles. The minimum atomic E-state index is -2.80. The first-order valence-electron chi connectivity index (χ1n) is 5.49. The zero-order valence-corrected chi connectivity index (χ0v) is 10.2. The van der Waals surface area contributed by atoms with Crippen molar-refractivity contribution in [2.45, 2.75) is 32.3 Å². The zero-order chi connectivity index (χ0) is 13.7. The first-order chi connectivity index (χ1) is 8.47. The van der Waals surface area contributed by atoms with Gasteiger partial charge in [-0.25, -0.2) is 24.6 Å². The normalized spacial score (nSPS) is 12.9. The van der Waals surface area contributed by atoms with Gasteiger partial charge in [0.2, 0.25) is 0 Å². The number of rotatable bonds is 6. The summed E-state index contributed by atoms with van der Waals surface area (Å²) in [5.41, 5.74) is 3.11. The summed E-state index contributed by atoms with van der Waals surface area (Å²) in [6, 6.07) is 0. The van der Waals surface area contributed by atoms with Gasteiger partial charge in [0.1, 0.15) is 24.1 Å². The summed E-state index contributed by atoms with van der Waals surface area (Å²) in [6.45, 7) is 3.50. The van der Waals surface area contributed by atoms with Crippen molar-refractivity contribution in [3.8, 4) is 0 Å². The number of nitrogen functional groups attached to an aromatic ring is 1. The molecule has 5 N–H and O–H groups in total. The van der Waals surface area contributed by atoms with Crippen molar-refractivity contribution in [3.05, 3.63) is 11.9 Å². The molecule has 0 aliphatic heterocycles. The van der Waals surface area contributed by atoms with Gasteiger partial charge in [0.15, 0.2) is 0 Å². The van der Waals surface area contributed by atoms with Crippen LogP contribution in [-0.2, 0) is 0 Å². The number of nitrogens with one attached hydrogen (secondary N) is 2. The summed E-state index contributed by atoms with van der Waals surface area (Å²) in [4.78, 5) is 7.91. The van der Waals surface area contributed by atoms with E-state index in [2.05, 4.69) is 20.7 Å². The first-order valence-corrected chi connectivity index (χ1v) is 5.49. The van der Waals surface area contributed by atoms with E-state index in [1.165, 1.54) is 6.33 Å².